The van der Waals surface area contributed by atoms with Gasteiger partial charge in [-0.2, -0.15) is 0 Å². The minimum Gasteiger partial charge on any atom is -0.497 e. The second kappa shape index (κ2) is 7.63. The molecule has 3 amide bonds. The third-order valence-corrected chi connectivity index (χ3v) is 4.61. The van der Waals surface area contributed by atoms with Gasteiger partial charge in [-0.05, 0) is 59.7 Å². The lowest BCUT2D eigenvalue weighted by Crippen LogP contribution is -2.30. The Labute approximate surface area is 166 Å². The van der Waals surface area contributed by atoms with Gasteiger partial charge in [0.25, 0.3) is 5.91 Å². The number of aromatic nitrogens is 1. The maximum Gasteiger partial charge on any atom is 0.329 e. The van der Waals surface area contributed by atoms with E-state index < -0.39 is 11.9 Å². The molecule has 0 radical (unpaired) electrons. The van der Waals surface area contributed by atoms with Crippen LogP contribution in [0, 0.1) is 5.82 Å². The predicted octanol–water partition coefficient (Wildman–Crippen LogP) is 3.72. The van der Waals surface area contributed by atoms with E-state index in [-0.39, 0.29) is 18.1 Å². The average molecular weight is 391 g/mol. The van der Waals surface area contributed by atoms with Gasteiger partial charge in [-0.15, -0.1) is 0 Å². The van der Waals surface area contributed by atoms with Crippen molar-refractivity contribution in [2.45, 2.75) is 6.54 Å². The Kier molecular flexibility index (Phi) is 4.87. The van der Waals surface area contributed by atoms with Gasteiger partial charge in [0.2, 0.25) is 0 Å². The molecule has 0 saturated carbocycles. The number of benzene rings is 2. The van der Waals surface area contributed by atoms with Crippen molar-refractivity contribution >= 4 is 18.0 Å². The van der Waals surface area contributed by atoms with Crippen molar-refractivity contribution in [3.05, 3.63) is 89.6 Å². The highest BCUT2D eigenvalue weighted by molar-refractivity contribution is 6.13. The smallest absolute Gasteiger partial charge is 0.329 e. The molecule has 0 spiro atoms. The number of carbonyl (C=O) groups is 2. The zero-order valence-electron chi connectivity index (χ0n) is 15.6. The number of methoxy groups -OCH3 is 1. The highest BCUT2D eigenvalue weighted by Gasteiger charge is 2.33. The Balaban J connectivity index is 1.51. The zero-order chi connectivity index (χ0) is 20.4. The molecular formula is C22H18FN3O3. The lowest BCUT2D eigenvalue weighted by Gasteiger charge is -2.11. The maximum absolute atomic E-state index is 13.0. The van der Waals surface area contributed by atoms with Gasteiger partial charge in [0.15, 0.2) is 0 Å². The van der Waals surface area contributed by atoms with Crippen molar-refractivity contribution in [1.29, 1.82) is 0 Å². The van der Waals surface area contributed by atoms with Crippen molar-refractivity contribution in [3.63, 3.8) is 0 Å². The predicted molar refractivity (Wildman–Crippen MR) is 106 cm³/mol. The number of hydrogen-bond acceptors (Lipinski definition) is 3. The van der Waals surface area contributed by atoms with E-state index in [0.29, 0.717) is 5.56 Å². The number of nitrogens with zero attached hydrogens (tertiary/aromatic N) is 2. The highest BCUT2D eigenvalue weighted by atomic mass is 19.1. The summed E-state index contributed by atoms with van der Waals surface area (Å²) < 4.78 is 20.1. The van der Waals surface area contributed by atoms with Gasteiger partial charge in [0.05, 0.1) is 13.7 Å². The molecular weight excluding hydrogens is 373 g/mol. The van der Waals surface area contributed by atoms with Crippen molar-refractivity contribution in [2.24, 2.45) is 0 Å². The molecule has 146 valence electrons. The zero-order valence-corrected chi connectivity index (χ0v) is 15.6. The van der Waals surface area contributed by atoms with Gasteiger partial charge < -0.3 is 14.6 Å². The second-order valence-electron chi connectivity index (χ2n) is 6.56. The molecule has 1 aliphatic heterocycles. The lowest BCUT2D eigenvalue weighted by atomic mass is 10.2. The van der Waals surface area contributed by atoms with Crippen LogP contribution in [0.15, 0.2) is 72.7 Å². The van der Waals surface area contributed by atoms with Gasteiger partial charge in [0, 0.05) is 18.1 Å². The van der Waals surface area contributed by atoms with Crippen LogP contribution < -0.4 is 10.1 Å². The van der Waals surface area contributed by atoms with Crippen LogP contribution in [0.5, 0.6) is 5.75 Å². The summed E-state index contributed by atoms with van der Waals surface area (Å²) in [7, 11) is 1.61. The molecule has 3 aromatic rings. The van der Waals surface area contributed by atoms with Crippen LogP contribution in [0.25, 0.3) is 11.8 Å². The van der Waals surface area contributed by atoms with E-state index in [1.165, 1.54) is 12.1 Å². The number of halogens is 1. The third-order valence-electron chi connectivity index (χ3n) is 4.61. The number of rotatable bonds is 5. The first-order valence-corrected chi connectivity index (χ1v) is 8.95. The number of hydrogen-bond donors (Lipinski definition) is 1. The lowest BCUT2D eigenvalue weighted by molar-refractivity contribution is -0.123. The molecule has 0 atom stereocenters. The average Bonchev–Trinajstić information content (AvgIpc) is 3.30. The Morgan fingerprint density at radius 3 is 2.45 bits per heavy atom. The molecule has 7 heteroatoms. The van der Waals surface area contributed by atoms with Gasteiger partial charge in [-0.25, -0.2) is 9.18 Å². The molecule has 1 aromatic heterocycles. The fourth-order valence-corrected chi connectivity index (χ4v) is 3.07. The van der Waals surface area contributed by atoms with Crippen LogP contribution in [-0.2, 0) is 11.3 Å². The van der Waals surface area contributed by atoms with E-state index in [1.807, 2.05) is 47.3 Å². The first-order valence-electron chi connectivity index (χ1n) is 8.95. The van der Waals surface area contributed by atoms with Crippen molar-refractivity contribution in [3.8, 4) is 11.4 Å². The normalized spacial score (nSPS) is 15.1. The largest absolute Gasteiger partial charge is 0.497 e. The highest BCUT2D eigenvalue weighted by Crippen LogP contribution is 2.20. The summed E-state index contributed by atoms with van der Waals surface area (Å²) in [5.41, 5.74) is 2.58. The van der Waals surface area contributed by atoms with Gasteiger partial charge in [0.1, 0.15) is 17.3 Å². The van der Waals surface area contributed by atoms with Crippen molar-refractivity contribution in [1.82, 2.24) is 14.8 Å². The van der Waals surface area contributed by atoms with Gasteiger partial charge in [-0.3, -0.25) is 9.69 Å². The summed E-state index contributed by atoms with van der Waals surface area (Å²) in [5.74, 6) is -0.0202. The molecule has 4 rings (SSSR count). The number of imide groups is 1. The molecule has 29 heavy (non-hydrogen) atoms. The van der Waals surface area contributed by atoms with Crippen LogP contribution in [0.3, 0.4) is 0 Å². The van der Waals surface area contributed by atoms with Gasteiger partial charge >= 0.3 is 6.03 Å². The molecule has 1 fully saturated rings. The molecule has 1 saturated heterocycles. The standard InChI is InChI=1S/C22H18FN3O3/c1-29-19-8-6-18(7-9-19)25-11-10-16(13-25)12-20-21(27)26(22(28)24-20)14-15-2-4-17(23)5-3-15/h2-13H,14H2,1H3,(H,24,28)/b20-12+. The summed E-state index contributed by atoms with van der Waals surface area (Å²) in [6.07, 6.45) is 5.35. The fraction of sp³-hybridized carbons (Fsp3) is 0.0909. The first kappa shape index (κ1) is 18.5. The van der Waals surface area contributed by atoms with Crippen molar-refractivity contribution in [2.75, 3.05) is 7.11 Å². The van der Waals surface area contributed by atoms with E-state index in [1.54, 1.807) is 25.3 Å². The molecule has 1 aliphatic rings. The molecule has 0 bridgehead atoms. The number of carbonyl (C=O) groups excluding carboxylic acids is 2. The quantitative estimate of drug-likeness (QED) is 0.533. The van der Waals surface area contributed by atoms with Gasteiger partial charge in [-0.1, -0.05) is 12.1 Å². The third kappa shape index (κ3) is 3.89. The van der Waals surface area contributed by atoms with Crippen LogP contribution in [0.4, 0.5) is 9.18 Å². The molecule has 2 aromatic carbocycles. The Bertz CT molecular complexity index is 1090. The summed E-state index contributed by atoms with van der Waals surface area (Å²) in [5, 5.41) is 2.60. The second-order valence-corrected chi connectivity index (χ2v) is 6.56. The number of urea groups is 1. The summed E-state index contributed by atoms with van der Waals surface area (Å²) in [4.78, 5) is 25.9. The Morgan fingerprint density at radius 2 is 1.76 bits per heavy atom. The number of ether oxygens (including phenoxy) is 1. The molecule has 0 aliphatic carbocycles. The molecule has 0 unspecified atom stereocenters. The topological polar surface area (TPSA) is 63.6 Å². The van der Waals surface area contributed by atoms with Crippen LogP contribution in [0.1, 0.15) is 11.1 Å². The SMILES string of the molecule is COc1ccc(-n2ccc(/C=C3/NC(=O)N(Cc4ccc(F)cc4)C3=O)c2)cc1. The number of nitrogens with one attached hydrogen (secondary N) is 1. The molecule has 2 heterocycles. The van der Waals surface area contributed by atoms with Crippen LogP contribution in [0.2, 0.25) is 0 Å². The summed E-state index contributed by atoms with van der Waals surface area (Å²) in [6.45, 7) is 0.0785. The number of amides is 3. The molecule has 6 nitrogen and oxygen atoms in total. The Morgan fingerprint density at radius 1 is 1.03 bits per heavy atom. The monoisotopic (exact) mass is 391 g/mol. The molecule has 1 N–H and O–H groups in total. The van der Waals surface area contributed by atoms with E-state index in [9.17, 15) is 14.0 Å². The summed E-state index contributed by atoms with van der Waals surface area (Å²) in [6, 6.07) is 14.6. The first-order chi connectivity index (χ1) is 14.0. The van der Waals surface area contributed by atoms with E-state index in [2.05, 4.69) is 5.32 Å². The Hall–Kier alpha value is -3.87. The van der Waals surface area contributed by atoms with Crippen LogP contribution >= 0.6 is 0 Å². The minimum atomic E-state index is -0.500. The maximum atomic E-state index is 13.0. The van der Waals surface area contributed by atoms with Crippen molar-refractivity contribution < 1.29 is 18.7 Å². The fourth-order valence-electron chi connectivity index (χ4n) is 3.07. The van der Waals surface area contributed by atoms with E-state index in [0.717, 1.165) is 21.9 Å². The van der Waals surface area contributed by atoms with E-state index in [4.69, 9.17) is 4.74 Å². The minimum absolute atomic E-state index is 0.0785. The van der Waals surface area contributed by atoms with Crippen LogP contribution in [-0.4, -0.2) is 28.5 Å². The van der Waals surface area contributed by atoms with E-state index >= 15 is 0 Å². The summed E-state index contributed by atoms with van der Waals surface area (Å²) >= 11 is 0.